The molecule has 7 nitrogen and oxygen atoms in total. The number of ether oxygens (including phenoxy) is 1. The van der Waals surface area contributed by atoms with Crippen LogP contribution >= 0.6 is 23.2 Å². The Morgan fingerprint density at radius 2 is 2.00 bits per heavy atom. The molecule has 0 unspecified atom stereocenters. The fourth-order valence-corrected chi connectivity index (χ4v) is 2.91. The first-order valence-electron chi connectivity index (χ1n) is 8.36. The molecule has 3 aromatic rings. The van der Waals surface area contributed by atoms with Crippen molar-refractivity contribution < 1.29 is 9.53 Å². The average molecular weight is 408 g/mol. The molecule has 0 aliphatic carbocycles. The van der Waals surface area contributed by atoms with Crippen LogP contribution in [0, 0.1) is 0 Å². The molecule has 0 fully saturated rings. The summed E-state index contributed by atoms with van der Waals surface area (Å²) in [5.41, 5.74) is 1.04. The van der Waals surface area contributed by atoms with Gasteiger partial charge in [0.1, 0.15) is 17.1 Å². The number of para-hydroxylation sites is 1. The van der Waals surface area contributed by atoms with Crippen LogP contribution in [0.1, 0.15) is 23.1 Å². The molecule has 9 heteroatoms. The molecule has 0 N–H and O–H groups in total. The van der Waals surface area contributed by atoms with E-state index in [4.69, 9.17) is 27.9 Å². The Kier molecular flexibility index (Phi) is 6.03. The van der Waals surface area contributed by atoms with E-state index in [9.17, 15) is 4.79 Å². The van der Waals surface area contributed by atoms with E-state index in [-0.39, 0.29) is 12.6 Å². The van der Waals surface area contributed by atoms with Gasteiger partial charge in [0, 0.05) is 26.0 Å². The summed E-state index contributed by atoms with van der Waals surface area (Å²) in [6.45, 7) is 3.04. The number of halogens is 2. The molecular formula is C18H19Cl2N5O2. The number of carbonyl (C=O) groups is 1. The molecule has 0 saturated heterocycles. The van der Waals surface area contributed by atoms with Gasteiger partial charge in [0.25, 0.3) is 5.91 Å². The molecule has 0 radical (unpaired) electrons. The van der Waals surface area contributed by atoms with Gasteiger partial charge in [-0.25, -0.2) is 4.68 Å². The fraction of sp³-hybridized carbons (Fsp3) is 0.278. The maximum atomic E-state index is 12.8. The summed E-state index contributed by atoms with van der Waals surface area (Å²) < 4.78 is 8.88. The standard InChI is InChI=1S/C18H19Cl2N5O2/c1-3-24-10-14(20)15(22-24)11-23(2)18(26)16-8-9-21-25(16)12-27-17-7-5-4-6-13(17)19/h4-10H,3,11-12H2,1-2H3. The summed E-state index contributed by atoms with van der Waals surface area (Å²) in [7, 11) is 1.69. The van der Waals surface area contributed by atoms with Crippen LogP contribution < -0.4 is 4.74 Å². The van der Waals surface area contributed by atoms with Crippen molar-refractivity contribution in [3.05, 3.63) is 64.2 Å². The van der Waals surface area contributed by atoms with E-state index in [0.717, 1.165) is 0 Å². The monoisotopic (exact) mass is 407 g/mol. The second kappa shape index (κ2) is 8.45. The number of hydrogen-bond donors (Lipinski definition) is 0. The molecular weight excluding hydrogens is 389 g/mol. The van der Waals surface area contributed by atoms with Gasteiger partial charge in [0.05, 0.1) is 16.6 Å². The Balaban J connectivity index is 1.69. The lowest BCUT2D eigenvalue weighted by atomic mass is 10.3. The third-order valence-corrected chi connectivity index (χ3v) is 4.59. The van der Waals surface area contributed by atoms with Crippen LogP contribution in [0.15, 0.2) is 42.7 Å². The molecule has 0 spiro atoms. The van der Waals surface area contributed by atoms with Crippen LogP contribution in [0.5, 0.6) is 5.75 Å². The predicted octanol–water partition coefficient (Wildman–Crippen LogP) is 3.72. The molecule has 0 aliphatic heterocycles. The van der Waals surface area contributed by atoms with E-state index in [1.165, 1.54) is 9.58 Å². The number of aryl methyl sites for hydroxylation is 1. The molecule has 1 amide bonds. The molecule has 0 bridgehead atoms. The van der Waals surface area contributed by atoms with Crippen molar-refractivity contribution >= 4 is 29.1 Å². The minimum atomic E-state index is -0.211. The number of nitrogens with zero attached hydrogens (tertiary/aromatic N) is 5. The molecule has 142 valence electrons. The second-order valence-corrected chi connectivity index (χ2v) is 6.67. The first-order chi connectivity index (χ1) is 13.0. The van der Waals surface area contributed by atoms with Gasteiger partial charge >= 0.3 is 0 Å². The summed E-state index contributed by atoms with van der Waals surface area (Å²) in [6.07, 6.45) is 3.30. The van der Waals surface area contributed by atoms with Gasteiger partial charge in [-0.15, -0.1) is 0 Å². The van der Waals surface area contributed by atoms with Crippen molar-refractivity contribution in [2.45, 2.75) is 26.7 Å². The largest absolute Gasteiger partial charge is 0.470 e. The highest BCUT2D eigenvalue weighted by Gasteiger charge is 2.19. The lowest BCUT2D eigenvalue weighted by Gasteiger charge is -2.17. The zero-order valence-electron chi connectivity index (χ0n) is 15.0. The van der Waals surface area contributed by atoms with Crippen LogP contribution in [-0.4, -0.2) is 37.4 Å². The first kappa shape index (κ1) is 19.3. The SMILES string of the molecule is CCn1cc(Cl)c(CN(C)C(=O)c2ccnn2COc2ccccc2Cl)n1. The summed E-state index contributed by atoms with van der Waals surface area (Å²) in [5.74, 6) is 0.315. The lowest BCUT2D eigenvalue weighted by molar-refractivity contribution is 0.0760. The first-order valence-corrected chi connectivity index (χ1v) is 9.11. The zero-order chi connectivity index (χ0) is 19.4. The highest BCUT2D eigenvalue weighted by molar-refractivity contribution is 6.32. The zero-order valence-corrected chi connectivity index (χ0v) is 16.5. The smallest absolute Gasteiger partial charge is 0.272 e. The molecule has 0 saturated carbocycles. The molecule has 1 aromatic carbocycles. The van der Waals surface area contributed by atoms with Crippen molar-refractivity contribution in [2.75, 3.05) is 7.05 Å². The van der Waals surface area contributed by atoms with Crippen LogP contribution in [-0.2, 0) is 19.8 Å². The van der Waals surface area contributed by atoms with Crippen LogP contribution in [0.3, 0.4) is 0 Å². The number of carbonyl (C=O) groups excluding carboxylic acids is 1. The van der Waals surface area contributed by atoms with E-state index < -0.39 is 0 Å². The van der Waals surface area contributed by atoms with Gasteiger partial charge in [0.15, 0.2) is 6.73 Å². The summed E-state index contributed by atoms with van der Waals surface area (Å²) in [6, 6.07) is 8.77. The third kappa shape index (κ3) is 4.43. The topological polar surface area (TPSA) is 65.2 Å². The van der Waals surface area contributed by atoms with Gasteiger partial charge < -0.3 is 9.64 Å². The quantitative estimate of drug-likeness (QED) is 0.598. The van der Waals surface area contributed by atoms with Crippen molar-refractivity contribution in [3.63, 3.8) is 0 Å². The average Bonchev–Trinajstić information content (AvgIpc) is 3.27. The fourth-order valence-electron chi connectivity index (χ4n) is 2.51. The van der Waals surface area contributed by atoms with Gasteiger partial charge in [-0.1, -0.05) is 35.3 Å². The van der Waals surface area contributed by atoms with E-state index in [1.807, 2.05) is 19.1 Å². The lowest BCUT2D eigenvalue weighted by Crippen LogP contribution is -2.29. The molecule has 27 heavy (non-hydrogen) atoms. The number of aromatic nitrogens is 4. The number of rotatable bonds is 7. The number of hydrogen-bond acceptors (Lipinski definition) is 4. The maximum absolute atomic E-state index is 12.8. The van der Waals surface area contributed by atoms with E-state index in [1.54, 1.807) is 42.3 Å². The Bertz CT molecular complexity index is 937. The molecule has 0 atom stereocenters. The minimum absolute atomic E-state index is 0.0663. The van der Waals surface area contributed by atoms with E-state index in [2.05, 4.69) is 10.2 Å². The van der Waals surface area contributed by atoms with Crippen molar-refractivity contribution in [2.24, 2.45) is 0 Å². The van der Waals surface area contributed by atoms with E-state index >= 15 is 0 Å². The molecule has 3 rings (SSSR count). The van der Waals surface area contributed by atoms with Gasteiger partial charge in [-0.3, -0.25) is 9.48 Å². The Morgan fingerprint density at radius 3 is 2.70 bits per heavy atom. The summed E-state index contributed by atoms with van der Waals surface area (Å²) >= 11 is 12.3. The third-order valence-electron chi connectivity index (χ3n) is 3.96. The van der Waals surface area contributed by atoms with Crippen LogP contribution in [0.25, 0.3) is 0 Å². The summed E-state index contributed by atoms with van der Waals surface area (Å²) in [5, 5.41) is 9.56. The molecule has 2 heterocycles. The highest BCUT2D eigenvalue weighted by Crippen LogP contribution is 2.23. The number of amides is 1. The molecule has 2 aromatic heterocycles. The number of benzene rings is 1. The Morgan fingerprint density at radius 1 is 1.22 bits per heavy atom. The normalized spacial score (nSPS) is 10.8. The van der Waals surface area contributed by atoms with Crippen molar-refractivity contribution in [1.82, 2.24) is 24.5 Å². The van der Waals surface area contributed by atoms with Crippen LogP contribution in [0.2, 0.25) is 10.0 Å². The van der Waals surface area contributed by atoms with Crippen LogP contribution in [0.4, 0.5) is 0 Å². The van der Waals surface area contributed by atoms with Gasteiger partial charge in [-0.2, -0.15) is 10.2 Å². The van der Waals surface area contributed by atoms with Gasteiger partial charge in [0.2, 0.25) is 0 Å². The maximum Gasteiger partial charge on any atom is 0.272 e. The summed E-state index contributed by atoms with van der Waals surface area (Å²) in [4.78, 5) is 14.3. The van der Waals surface area contributed by atoms with Crippen molar-refractivity contribution in [1.29, 1.82) is 0 Å². The predicted molar refractivity (Wildman–Crippen MR) is 103 cm³/mol. The Hall–Kier alpha value is -2.51. The van der Waals surface area contributed by atoms with Crippen molar-refractivity contribution in [3.8, 4) is 5.75 Å². The Labute approximate surface area is 167 Å². The second-order valence-electron chi connectivity index (χ2n) is 5.86. The molecule has 0 aliphatic rings. The van der Waals surface area contributed by atoms with Gasteiger partial charge in [-0.05, 0) is 25.1 Å². The highest BCUT2D eigenvalue weighted by atomic mass is 35.5. The van der Waals surface area contributed by atoms with E-state index in [0.29, 0.717) is 40.3 Å². The minimum Gasteiger partial charge on any atom is -0.470 e.